The summed E-state index contributed by atoms with van der Waals surface area (Å²) in [5, 5.41) is 0.771. The van der Waals surface area contributed by atoms with Gasteiger partial charge in [-0.15, -0.1) is 0 Å². The Morgan fingerprint density at radius 1 is 1.03 bits per heavy atom. The maximum Gasteiger partial charge on any atom is 0.344 e. The number of esters is 1. The number of aromatic nitrogens is 3. The van der Waals surface area contributed by atoms with Gasteiger partial charge >= 0.3 is 5.97 Å². The fraction of sp³-hybridized carbons (Fsp3) is 0.190. The van der Waals surface area contributed by atoms with Gasteiger partial charge in [-0.3, -0.25) is 4.57 Å². The van der Waals surface area contributed by atoms with Gasteiger partial charge < -0.3 is 10.5 Å². The number of halogens is 2. The standard InChI is InChI=1S/C21H18Cl2N4O2/c1-21(2,3)29-20(28)16-17-19(26-15-7-5-4-6-14(15)25-17)27(18(16)24)11-8-9-12(22)13(23)10-11/h4-10H,24H2,1-3H3. The number of benzene rings is 2. The average molecular weight is 429 g/mol. The molecule has 0 aliphatic heterocycles. The van der Waals surface area contributed by atoms with E-state index in [4.69, 9.17) is 38.7 Å². The zero-order chi connectivity index (χ0) is 20.9. The monoisotopic (exact) mass is 428 g/mol. The highest BCUT2D eigenvalue weighted by Crippen LogP contribution is 2.34. The Balaban J connectivity index is 2.06. The molecule has 6 nitrogen and oxygen atoms in total. The van der Waals surface area contributed by atoms with Crippen molar-refractivity contribution in [3.63, 3.8) is 0 Å². The van der Waals surface area contributed by atoms with Crippen molar-refractivity contribution in [1.29, 1.82) is 0 Å². The van der Waals surface area contributed by atoms with E-state index in [1.807, 2.05) is 24.3 Å². The Kier molecular flexibility index (Phi) is 4.63. The second kappa shape index (κ2) is 6.90. The van der Waals surface area contributed by atoms with E-state index in [-0.39, 0.29) is 11.4 Å². The van der Waals surface area contributed by atoms with E-state index in [2.05, 4.69) is 4.98 Å². The van der Waals surface area contributed by atoms with Crippen LogP contribution in [0.25, 0.3) is 27.9 Å². The summed E-state index contributed by atoms with van der Waals surface area (Å²) in [4.78, 5) is 22.3. The molecule has 0 spiro atoms. The first-order valence-corrected chi connectivity index (χ1v) is 9.67. The molecule has 0 atom stereocenters. The van der Waals surface area contributed by atoms with Crippen LogP contribution in [0.3, 0.4) is 0 Å². The lowest BCUT2D eigenvalue weighted by molar-refractivity contribution is 0.00728. The first-order valence-electron chi connectivity index (χ1n) is 8.91. The SMILES string of the molecule is CC(C)(C)OC(=O)c1c(N)n(-c2ccc(Cl)c(Cl)c2)c2nc3ccccc3nc12. The lowest BCUT2D eigenvalue weighted by atomic mass is 10.2. The highest BCUT2D eigenvalue weighted by molar-refractivity contribution is 6.42. The number of hydrogen-bond acceptors (Lipinski definition) is 5. The van der Waals surface area contributed by atoms with Gasteiger partial charge in [0, 0.05) is 0 Å². The molecule has 29 heavy (non-hydrogen) atoms. The van der Waals surface area contributed by atoms with Gasteiger partial charge in [0.05, 0.1) is 26.8 Å². The number of nitrogens with zero attached hydrogens (tertiary/aromatic N) is 3. The number of para-hydroxylation sites is 2. The van der Waals surface area contributed by atoms with Crippen molar-refractivity contribution in [2.45, 2.75) is 26.4 Å². The lowest BCUT2D eigenvalue weighted by Crippen LogP contribution is -2.24. The van der Waals surface area contributed by atoms with E-state index in [0.717, 1.165) is 0 Å². The summed E-state index contributed by atoms with van der Waals surface area (Å²) in [6, 6.07) is 12.5. The summed E-state index contributed by atoms with van der Waals surface area (Å²) in [6.45, 7) is 5.38. The van der Waals surface area contributed by atoms with E-state index in [1.165, 1.54) is 0 Å². The zero-order valence-corrected chi connectivity index (χ0v) is 17.5. The normalized spacial score (nSPS) is 11.9. The van der Waals surface area contributed by atoms with Crippen LogP contribution in [0.2, 0.25) is 10.0 Å². The number of nitrogens with two attached hydrogens (primary N) is 1. The Labute approximate surface area is 177 Å². The predicted molar refractivity (Wildman–Crippen MR) is 116 cm³/mol. The number of ether oxygens (including phenoxy) is 1. The van der Waals surface area contributed by atoms with Crippen molar-refractivity contribution in [1.82, 2.24) is 14.5 Å². The molecule has 0 radical (unpaired) electrons. The Morgan fingerprint density at radius 3 is 2.31 bits per heavy atom. The summed E-state index contributed by atoms with van der Waals surface area (Å²) >= 11 is 12.3. The van der Waals surface area contributed by atoms with E-state index < -0.39 is 11.6 Å². The Hall–Kier alpha value is -2.83. The average Bonchev–Trinajstić information content (AvgIpc) is 2.91. The molecule has 4 rings (SSSR count). The maximum atomic E-state index is 13.0. The number of rotatable bonds is 2. The van der Waals surface area contributed by atoms with Crippen LogP contribution in [0, 0.1) is 0 Å². The van der Waals surface area contributed by atoms with Crippen LogP contribution in [-0.2, 0) is 4.74 Å². The van der Waals surface area contributed by atoms with Gasteiger partial charge in [0.25, 0.3) is 0 Å². The van der Waals surface area contributed by atoms with E-state index >= 15 is 0 Å². The zero-order valence-electron chi connectivity index (χ0n) is 16.0. The molecule has 0 saturated carbocycles. The highest BCUT2D eigenvalue weighted by Gasteiger charge is 2.28. The summed E-state index contributed by atoms with van der Waals surface area (Å²) in [5.74, 6) is -0.397. The summed E-state index contributed by atoms with van der Waals surface area (Å²) in [7, 11) is 0. The molecule has 0 fully saturated rings. The van der Waals surface area contributed by atoms with Crippen molar-refractivity contribution in [2.75, 3.05) is 5.73 Å². The largest absolute Gasteiger partial charge is 0.456 e. The molecule has 0 saturated heterocycles. The number of fused-ring (bicyclic) bond motifs is 2. The molecule has 0 bridgehead atoms. The fourth-order valence-electron chi connectivity index (χ4n) is 3.08. The number of carbonyl (C=O) groups is 1. The molecule has 148 valence electrons. The molecule has 2 heterocycles. The smallest absolute Gasteiger partial charge is 0.344 e. The fourth-order valence-corrected chi connectivity index (χ4v) is 3.37. The summed E-state index contributed by atoms with van der Waals surface area (Å²) < 4.78 is 7.20. The van der Waals surface area contributed by atoms with Gasteiger partial charge in [-0.05, 0) is 51.1 Å². The van der Waals surface area contributed by atoms with Crippen molar-refractivity contribution in [3.8, 4) is 5.69 Å². The minimum atomic E-state index is -0.689. The second-order valence-corrected chi connectivity index (χ2v) is 8.39. The molecular weight excluding hydrogens is 411 g/mol. The highest BCUT2D eigenvalue weighted by atomic mass is 35.5. The number of hydrogen-bond donors (Lipinski definition) is 1. The van der Waals surface area contributed by atoms with Crippen LogP contribution < -0.4 is 5.73 Å². The van der Waals surface area contributed by atoms with Crippen LogP contribution in [0.4, 0.5) is 5.82 Å². The number of nitrogen functional groups attached to an aromatic ring is 1. The van der Waals surface area contributed by atoms with E-state index in [1.54, 1.807) is 43.5 Å². The number of anilines is 1. The molecule has 0 unspecified atom stereocenters. The molecular formula is C21H18Cl2N4O2. The quantitative estimate of drug-likeness (QED) is 0.431. The van der Waals surface area contributed by atoms with Gasteiger partial charge in [-0.1, -0.05) is 35.3 Å². The van der Waals surface area contributed by atoms with Crippen molar-refractivity contribution in [2.24, 2.45) is 0 Å². The van der Waals surface area contributed by atoms with Crippen molar-refractivity contribution in [3.05, 3.63) is 58.1 Å². The third-order valence-electron chi connectivity index (χ3n) is 4.26. The third kappa shape index (κ3) is 3.50. The molecule has 2 aromatic carbocycles. The van der Waals surface area contributed by atoms with Crippen LogP contribution in [0.5, 0.6) is 0 Å². The minimum absolute atomic E-state index is 0.166. The lowest BCUT2D eigenvalue weighted by Gasteiger charge is -2.19. The summed E-state index contributed by atoms with van der Waals surface area (Å²) in [6.07, 6.45) is 0. The molecule has 4 aromatic rings. The molecule has 2 aromatic heterocycles. The van der Waals surface area contributed by atoms with Gasteiger partial charge in [-0.2, -0.15) is 0 Å². The van der Waals surface area contributed by atoms with E-state index in [0.29, 0.717) is 37.9 Å². The maximum absolute atomic E-state index is 13.0. The van der Waals surface area contributed by atoms with Gasteiger partial charge in [-0.25, -0.2) is 14.8 Å². The minimum Gasteiger partial charge on any atom is -0.456 e. The van der Waals surface area contributed by atoms with Crippen molar-refractivity contribution < 1.29 is 9.53 Å². The first-order chi connectivity index (χ1) is 13.7. The van der Waals surface area contributed by atoms with Gasteiger partial charge in [0.1, 0.15) is 22.5 Å². The van der Waals surface area contributed by atoms with E-state index in [9.17, 15) is 4.79 Å². The first kappa shape index (κ1) is 19.5. The summed E-state index contributed by atoms with van der Waals surface area (Å²) in [5.41, 5.74) is 8.63. The third-order valence-corrected chi connectivity index (χ3v) is 5.00. The number of carbonyl (C=O) groups excluding carboxylic acids is 1. The van der Waals surface area contributed by atoms with Crippen LogP contribution in [0.15, 0.2) is 42.5 Å². The van der Waals surface area contributed by atoms with Gasteiger partial charge in [0.2, 0.25) is 0 Å². The van der Waals surface area contributed by atoms with Crippen molar-refractivity contribution >= 4 is 57.2 Å². The Morgan fingerprint density at radius 2 is 1.69 bits per heavy atom. The predicted octanol–water partition coefficient (Wildman–Crippen LogP) is 5.42. The molecule has 0 aliphatic rings. The molecule has 0 aliphatic carbocycles. The van der Waals surface area contributed by atoms with Crippen LogP contribution in [-0.4, -0.2) is 26.1 Å². The Bertz CT molecular complexity index is 1280. The van der Waals surface area contributed by atoms with Crippen LogP contribution in [0.1, 0.15) is 31.1 Å². The second-order valence-electron chi connectivity index (χ2n) is 7.58. The molecule has 2 N–H and O–H groups in total. The van der Waals surface area contributed by atoms with Gasteiger partial charge in [0.15, 0.2) is 5.65 Å². The molecule has 0 amide bonds. The topological polar surface area (TPSA) is 83.0 Å². The van der Waals surface area contributed by atoms with Crippen LogP contribution >= 0.6 is 23.2 Å². The molecule has 8 heteroatoms.